The van der Waals surface area contributed by atoms with Gasteiger partial charge in [0, 0.05) is 20.3 Å². The Bertz CT molecular complexity index is 644. The maximum absolute atomic E-state index is 12.7. The Morgan fingerprint density at radius 2 is 2.10 bits per heavy atom. The molecule has 0 atom stereocenters. The van der Waals surface area contributed by atoms with Crippen LogP contribution >= 0.6 is 27.5 Å². The fraction of sp³-hybridized carbons (Fsp3) is 0.462. The highest BCUT2D eigenvalue weighted by molar-refractivity contribution is 9.10. The number of carbonyl (C=O) groups is 1. The van der Waals surface area contributed by atoms with E-state index in [2.05, 4.69) is 26.1 Å². The third-order valence-corrected chi connectivity index (χ3v) is 4.25. The lowest BCUT2D eigenvalue weighted by Crippen LogP contribution is -2.45. The van der Waals surface area contributed by atoms with Crippen molar-refractivity contribution in [2.75, 3.05) is 7.05 Å². The highest BCUT2D eigenvalue weighted by atomic mass is 79.9. The Kier molecular flexibility index (Phi) is 4.43. The molecular weight excluding hydrogens is 358 g/mol. The molecule has 2 rings (SSSR count). The fourth-order valence-corrected chi connectivity index (χ4v) is 2.69. The Balaban J connectivity index is 2.19. The van der Waals surface area contributed by atoms with Gasteiger partial charge >= 0.3 is 0 Å². The molecule has 0 aliphatic carbocycles. The molecule has 0 aromatic carbocycles. The van der Waals surface area contributed by atoms with Crippen molar-refractivity contribution in [2.24, 2.45) is 7.05 Å². The smallest absolute Gasteiger partial charge is 0.250 e. The van der Waals surface area contributed by atoms with E-state index < -0.39 is 5.54 Å². The molecule has 0 saturated heterocycles. The van der Waals surface area contributed by atoms with Gasteiger partial charge < -0.3 is 4.90 Å². The molecule has 0 aliphatic heterocycles. The Labute approximate surface area is 136 Å². The number of nitrogens with zero attached hydrogens (tertiary/aromatic N) is 5. The van der Waals surface area contributed by atoms with Gasteiger partial charge in [0.25, 0.3) is 0 Å². The number of likely N-dealkylation sites (N-methyl/N-ethyl adjacent to an activating group) is 1. The minimum atomic E-state index is -0.813. The molecule has 1 amide bonds. The first-order valence-electron chi connectivity index (χ1n) is 6.36. The molecule has 8 heteroatoms. The second-order valence-corrected chi connectivity index (χ2v) is 6.68. The van der Waals surface area contributed by atoms with Crippen LogP contribution in [-0.2, 0) is 23.9 Å². The molecule has 0 N–H and O–H groups in total. The van der Waals surface area contributed by atoms with Crippen molar-refractivity contribution in [1.82, 2.24) is 24.5 Å². The Morgan fingerprint density at radius 1 is 1.43 bits per heavy atom. The summed E-state index contributed by atoms with van der Waals surface area (Å²) in [6.07, 6.45) is 4.88. The third-order valence-electron chi connectivity index (χ3n) is 3.39. The number of aryl methyl sites for hydroxylation is 1. The van der Waals surface area contributed by atoms with Crippen molar-refractivity contribution in [3.05, 3.63) is 33.8 Å². The van der Waals surface area contributed by atoms with Crippen LogP contribution in [0.25, 0.3) is 0 Å². The summed E-state index contributed by atoms with van der Waals surface area (Å²) in [6.45, 7) is 4.08. The maximum atomic E-state index is 12.7. The monoisotopic (exact) mass is 373 g/mol. The topological polar surface area (TPSA) is 56.0 Å². The SMILES string of the molecule is CN(Cc1c(Br)cnn1C)C(=O)C(C)(C)n1cc(Cl)cn1. The third kappa shape index (κ3) is 3.13. The van der Waals surface area contributed by atoms with Gasteiger partial charge in [-0.2, -0.15) is 10.2 Å². The van der Waals surface area contributed by atoms with Crippen LogP contribution in [0.2, 0.25) is 5.02 Å². The van der Waals surface area contributed by atoms with Gasteiger partial charge in [-0.3, -0.25) is 14.2 Å². The minimum absolute atomic E-state index is 0.0598. The Hall–Kier alpha value is -1.34. The molecule has 114 valence electrons. The van der Waals surface area contributed by atoms with Gasteiger partial charge in [0.2, 0.25) is 5.91 Å². The number of amides is 1. The summed E-state index contributed by atoms with van der Waals surface area (Å²) in [7, 11) is 3.60. The van der Waals surface area contributed by atoms with Gasteiger partial charge in [0.1, 0.15) is 5.54 Å². The summed E-state index contributed by atoms with van der Waals surface area (Å²) in [6, 6.07) is 0. The molecule has 0 spiro atoms. The van der Waals surface area contributed by atoms with E-state index in [9.17, 15) is 4.79 Å². The number of hydrogen-bond acceptors (Lipinski definition) is 3. The summed E-state index contributed by atoms with van der Waals surface area (Å²) < 4.78 is 4.20. The first-order chi connectivity index (χ1) is 9.73. The van der Waals surface area contributed by atoms with E-state index in [0.29, 0.717) is 11.6 Å². The zero-order chi connectivity index (χ0) is 15.8. The molecule has 6 nitrogen and oxygen atoms in total. The van der Waals surface area contributed by atoms with Gasteiger partial charge in [-0.1, -0.05) is 11.6 Å². The van der Waals surface area contributed by atoms with E-state index in [-0.39, 0.29) is 5.91 Å². The lowest BCUT2D eigenvalue weighted by atomic mass is 10.0. The molecular formula is C13H17BrClN5O. The first kappa shape index (κ1) is 16.0. The summed E-state index contributed by atoms with van der Waals surface area (Å²) in [5.74, 6) is -0.0598. The van der Waals surface area contributed by atoms with E-state index in [1.165, 1.54) is 6.20 Å². The maximum Gasteiger partial charge on any atom is 0.250 e. The summed E-state index contributed by atoms with van der Waals surface area (Å²) >= 11 is 9.32. The van der Waals surface area contributed by atoms with Gasteiger partial charge in [-0.25, -0.2) is 0 Å². The Morgan fingerprint density at radius 3 is 2.57 bits per heavy atom. The molecule has 2 aromatic heterocycles. The zero-order valence-electron chi connectivity index (χ0n) is 12.3. The fourth-order valence-electron chi connectivity index (χ4n) is 2.08. The molecule has 0 aliphatic rings. The van der Waals surface area contributed by atoms with Crippen molar-refractivity contribution in [1.29, 1.82) is 0 Å². The van der Waals surface area contributed by atoms with Crippen molar-refractivity contribution < 1.29 is 4.79 Å². The number of hydrogen-bond donors (Lipinski definition) is 0. The predicted octanol–water partition coefficient (Wildman–Crippen LogP) is 2.43. The van der Waals surface area contributed by atoms with Crippen LogP contribution in [0.15, 0.2) is 23.1 Å². The summed E-state index contributed by atoms with van der Waals surface area (Å²) in [5, 5.41) is 8.79. The molecule has 0 bridgehead atoms. The summed E-state index contributed by atoms with van der Waals surface area (Å²) in [5.41, 5.74) is 0.118. The molecule has 21 heavy (non-hydrogen) atoms. The van der Waals surface area contributed by atoms with Crippen LogP contribution in [0.1, 0.15) is 19.5 Å². The lowest BCUT2D eigenvalue weighted by Gasteiger charge is -2.29. The molecule has 0 fully saturated rings. The lowest BCUT2D eigenvalue weighted by molar-refractivity contribution is -0.139. The van der Waals surface area contributed by atoms with E-state index in [1.54, 1.807) is 33.7 Å². The quantitative estimate of drug-likeness (QED) is 0.826. The van der Waals surface area contributed by atoms with E-state index >= 15 is 0 Å². The van der Waals surface area contributed by atoms with E-state index in [1.807, 2.05) is 20.9 Å². The normalized spacial score (nSPS) is 11.7. The molecule has 0 saturated carbocycles. The number of halogens is 2. The van der Waals surface area contributed by atoms with Crippen LogP contribution in [0.4, 0.5) is 0 Å². The average molecular weight is 375 g/mol. The van der Waals surface area contributed by atoms with E-state index in [0.717, 1.165) is 10.2 Å². The second kappa shape index (κ2) is 5.81. The molecule has 0 unspecified atom stereocenters. The van der Waals surface area contributed by atoms with Crippen molar-refractivity contribution >= 4 is 33.4 Å². The second-order valence-electron chi connectivity index (χ2n) is 5.39. The van der Waals surface area contributed by atoms with Gasteiger partial charge in [0.15, 0.2) is 0 Å². The number of carbonyl (C=O) groups excluding carboxylic acids is 1. The average Bonchev–Trinajstić information content (AvgIpc) is 2.99. The zero-order valence-corrected chi connectivity index (χ0v) is 14.7. The first-order valence-corrected chi connectivity index (χ1v) is 7.53. The van der Waals surface area contributed by atoms with Crippen LogP contribution < -0.4 is 0 Å². The number of rotatable bonds is 4. The van der Waals surface area contributed by atoms with Crippen molar-refractivity contribution in [2.45, 2.75) is 25.9 Å². The van der Waals surface area contributed by atoms with Gasteiger partial charge in [0.05, 0.1) is 34.1 Å². The van der Waals surface area contributed by atoms with Gasteiger partial charge in [-0.05, 0) is 29.8 Å². The van der Waals surface area contributed by atoms with Gasteiger partial charge in [-0.15, -0.1) is 0 Å². The van der Waals surface area contributed by atoms with Crippen molar-refractivity contribution in [3.8, 4) is 0 Å². The largest absolute Gasteiger partial charge is 0.338 e. The molecule has 2 aromatic rings. The van der Waals surface area contributed by atoms with Crippen LogP contribution in [0.5, 0.6) is 0 Å². The predicted molar refractivity (Wildman–Crippen MR) is 83.9 cm³/mol. The highest BCUT2D eigenvalue weighted by Crippen LogP contribution is 2.22. The molecule has 0 radical (unpaired) electrons. The van der Waals surface area contributed by atoms with E-state index in [4.69, 9.17) is 11.6 Å². The summed E-state index contributed by atoms with van der Waals surface area (Å²) in [4.78, 5) is 14.4. The van der Waals surface area contributed by atoms with Crippen LogP contribution in [0.3, 0.4) is 0 Å². The number of aromatic nitrogens is 4. The van der Waals surface area contributed by atoms with Crippen LogP contribution in [0, 0.1) is 0 Å². The van der Waals surface area contributed by atoms with Crippen molar-refractivity contribution in [3.63, 3.8) is 0 Å². The van der Waals surface area contributed by atoms with Crippen LogP contribution in [-0.4, -0.2) is 37.4 Å². The minimum Gasteiger partial charge on any atom is -0.338 e. The molecule has 2 heterocycles. The highest BCUT2D eigenvalue weighted by Gasteiger charge is 2.33. The standard InChI is InChI=1S/C13H17BrClN5O/c1-13(2,20-7-9(15)5-17-20)12(21)18(3)8-11-10(14)6-16-19(11)4/h5-7H,8H2,1-4H3.